The molecule has 9 nitrogen and oxygen atoms in total. The smallest absolute Gasteiger partial charge is 0.361 e. The molecule has 2 atom stereocenters. The summed E-state index contributed by atoms with van der Waals surface area (Å²) in [5.41, 5.74) is 0. The standard InChI is InChI=1S/C43H71NO8/c1-6-8-10-12-14-16-18-19-20-21-22-23-24-26-28-30-32-34-41(46)52-39(38-51-43(42(47)48)49-36-35-44(3,4)5)37-50-40(45)33-31-29-27-25-17-15-13-11-9-7-2/h8,10-11,13-14,16,19-20,22-23,26,28,39,43H,6-7,9,12,15,17-18,21,24-25,27,29-38H2,1-5H3/p+1/b10-8-,13-11-,16-14-,20-19-,23-22-,28-26-. The molecule has 0 aromatic rings. The van der Waals surface area contributed by atoms with Crippen molar-refractivity contribution in [3.05, 3.63) is 72.9 Å². The maximum Gasteiger partial charge on any atom is 0.361 e. The lowest BCUT2D eigenvalue weighted by atomic mass is 10.1. The fourth-order valence-electron chi connectivity index (χ4n) is 4.64. The predicted molar refractivity (Wildman–Crippen MR) is 212 cm³/mol. The Hall–Kier alpha value is -3.27. The Kier molecular flexibility index (Phi) is 32.6. The topological polar surface area (TPSA) is 108 Å². The third-order valence-electron chi connectivity index (χ3n) is 7.68. The molecule has 0 aliphatic rings. The number of nitrogens with zero attached hydrogens (tertiary/aromatic N) is 1. The van der Waals surface area contributed by atoms with Crippen LogP contribution in [0.3, 0.4) is 0 Å². The summed E-state index contributed by atoms with van der Waals surface area (Å²) in [5, 5.41) is 9.58. The molecule has 0 rings (SSSR count). The van der Waals surface area contributed by atoms with Crippen LogP contribution >= 0.6 is 0 Å². The molecule has 1 N–H and O–H groups in total. The Bertz CT molecular complexity index is 1080. The zero-order chi connectivity index (χ0) is 38.5. The molecule has 0 saturated heterocycles. The van der Waals surface area contributed by atoms with Crippen molar-refractivity contribution in [3.8, 4) is 0 Å². The fourth-order valence-corrected chi connectivity index (χ4v) is 4.64. The van der Waals surface area contributed by atoms with Crippen LogP contribution < -0.4 is 0 Å². The van der Waals surface area contributed by atoms with E-state index in [0.717, 1.165) is 83.5 Å². The lowest BCUT2D eigenvalue weighted by Crippen LogP contribution is -2.40. The predicted octanol–water partition coefficient (Wildman–Crippen LogP) is 9.60. The van der Waals surface area contributed by atoms with Crippen molar-refractivity contribution in [2.24, 2.45) is 0 Å². The van der Waals surface area contributed by atoms with Crippen LogP contribution in [0.15, 0.2) is 72.9 Å². The van der Waals surface area contributed by atoms with E-state index in [1.165, 1.54) is 6.42 Å². The molecule has 0 aliphatic carbocycles. The first-order valence-corrected chi connectivity index (χ1v) is 19.6. The van der Waals surface area contributed by atoms with Crippen LogP contribution in [-0.2, 0) is 33.3 Å². The number of esters is 2. The van der Waals surface area contributed by atoms with Crippen LogP contribution in [0, 0.1) is 0 Å². The van der Waals surface area contributed by atoms with Crippen molar-refractivity contribution in [2.75, 3.05) is 47.5 Å². The molecule has 0 amide bonds. The van der Waals surface area contributed by atoms with Gasteiger partial charge in [0.25, 0.3) is 6.29 Å². The summed E-state index contributed by atoms with van der Waals surface area (Å²) in [7, 11) is 5.91. The number of ether oxygens (including phenoxy) is 4. The van der Waals surface area contributed by atoms with Crippen LogP contribution in [0.4, 0.5) is 0 Å². The van der Waals surface area contributed by atoms with E-state index in [-0.39, 0.29) is 38.6 Å². The number of hydrogen-bond donors (Lipinski definition) is 1. The second-order valence-electron chi connectivity index (χ2n) is 13.8. The average molecular weight is 731 g/mol. The number of rotatable bonds is 34. The van der Waals surface area contributed by atoms with Gasteiger partial charge in [0.05, 0.1) is 34.4 Å². The minimum Gasteiger partial charge on any atom is -0.477 e. The Labute approximate surface area is 316 Å². The van der Waals surface area contributed by atoms with Gasteiger partial charge in [-0.1, -0.05) is 112 Å². The molecule has 0 heterocycles. The maximum atomic E-state index is 12.7. The van der Waals surface area contributed by atoms with E-state index >= 15 is 0 Å². The monoisotopic (exact) mass is 731 g/mol. The van der Waals surface area contributed by atoms with Gasteiger partial charge in [0.1, 0.15) is 13.2 Å². The minimum atomic E-state index is -1.53. The van der Waals surface area contributed by atoms with Gasteiger partial charge in [-0.05, 0) is 70.6 Å². The molecule has 9 heteroatoms. The molecule has 0 aliphatic heterocycles. The molecular weight excluding hydrogens is 658 g/mol. The first-order valence-electron chi connectivity index (χ1n) is 19.6. The lowest BCUT2D eigenvalue weighted by molar-refractivity contribution is -0.870. The van der Waals surface area contributed by atoms with Crippen LogP contribution in [0.1, 0.15) is 123 Å². The zero-order valence-corrected chi connectivity index (χ0v) is 33.2. The van der Waals surface area contributed by atoms with Crippen LogP contribution in [-0.4, -0.2) is 87.4 Å². The number of unbranched alkanes of at least 4 members (excludes halogenated alkanes) is 7. The van der Waals surface area contributed by atoms with E-state index in [1.807, 2.05) is 27.2 Å². The summed E-state index contributed by atoms with van der Waals surface area (Å²) in [5.74, 6) is -2.12. The van der Waals surface area contributed by atoms with Gasteiger partial charge in [0.2, 0.25) is 0 Å². The van der Waals surface area contributed by atoms with Crippen molar-refractivity contribution in [1.29, 1.82) is 0 Å². The number of carboxylic acids is 1. The van der Waals surface area contributed by atoms with E-state index in [2.05, 4.69) is 80.7 Å². The van der Waals surface area contributed by atoms with Crippen molar-refractivity contribution >= 4 is 17.9 Å². The van der Waals surface area contributed by atoms with Gasteiger partial charge >= 0.3 is 17.9 Å². The quantitative estimate of drug-likeness (QED) is 0.0229. The molecule has 0 spiro atoms. The molecule has 296 valence electrons. The van der Waals surface area contributed by atoms with Crippen molar-refractivity contribution in [3.63, 3.8) is 0 Å². The second kappa shape index (κ2) is 34.8. The molecule has 2 unspecified atom stereocenters. The third kappa shape index (κ3) is 35.1. The van der Waals surface area contributed by atoms with Crippen molar-refractivity contribution in [2.45, 2.75) is 135 Å². The maximum absolute atomic E-state index is 12.7. The van der Waals surface area contributed by atoms with Gasteiger partial charge in [0.15, 0.2) is 6.10 Å². The first kappa shape index (κ1) is 48.7. The van der Waals surface area contributed by atoms with Gasteiger partial charge in [0, 0.05) is 12.8 Å². The number of carbonyl (C=O) groups excluding carboxylic acids is 2. The minimum absolute atomic E-state index is 0.172. The van der Waals surface area contributed by atoms with Gasteiger partial charge in [-0.25, -0.2) is 4.79 Å². The largest absolute Gasteiger partial charge is 0.477 e. The summed E-state index contributed by atoms with van der Waals surface area (Å²) in [6.07, 6.45) is 38.3. The Balaban J connectivity index is 4.65. The number of likely N-dealkylation sites (N-methyl/N-ethyl adjacent to an activating group) is 1. The number of carbonyl (C=O) groups is 3. The summed E-state index contributed by atoms with van der Waals surface area (Å²) < 4.78 is 22.5. The number of carboxylic acid groups (broad SMARTS) is 1. The number of allylic oxidation sites excluding steroid dienone is 12. The fraction of sp³-hybridized carbons (Fsp3) is 0.651. The molecule has 0 aromatic carbocycles. The molecule has 0 radical (unpaired) electrons. The molecule has 52 heavy (non-hydrogen) atoms. The highest BCUT2D eigenvalue weighted by Crippen LogP contribution is 2.11. The first-order chi connectivity index (χ1) is 25.1. The molecule has 0 saturated carbocycles. The summed E-state index contributed by atoms with van der Waals surface area (Å²) in [4.78, 5) is 36.9. The Morgan fingerprint density at radius 2 is 1.12 bits per heavy atom. The van der Waals surface area contributed by atoms with Gasteiger partial charge in [-0.15, -0.1) is 0 Å². The average Bonchev–Trinajstić information content (AvgIpc) is 3.09. The third-order valence-corrected chi connectivity index (χ3v) is 7.68. The molecule has 0 aromatic heterocycles. The lowest BCUT2D eigenvalue weighted by Gasteiger charge is -2.25. The number of aliphatic carboxylic acids is 1. The second-order valence-corrected chi connectivity index (χ2v) is 13.8. The number of hydrogen-bond acceptors (Lipinski definition) is 7. The van der Waals surface area contributed by atoms with E-state index < -0.39 is 24.3 Å². The molecule has 0 bridgehead atoms. The SMILES string of the molecule is CC/C=C\C/C=C\C/C=C\C/C=C\C/C=C\CCCC(=O)OC(COC(=O)CCCCCCC/C=C\CCC)COC(OCC[N+](C)(C)C)C(=O)O. The van der Waals surface area contributed by atoms with Crippen LogP contribution in [0.2, 0.25) is 0 Å². The number of quaternary nitrogens is 1. The summed E-state index contributed by atoms with van der Waals surface area (Å²) in [6, 6.07) is 0. The summed E-state index contributed by atoms with van der Waals surface area (Å²) in [6.45, 7) is 4.57. The van der Waals surface area contributed by atoms with Crippen molar-refractivity contribution < 1.29 is 42.9 Å². The van der Waals surface area contributed by atoms with E-state index in [9.17, 15) is 19.5 Å². The highest BCUT2D eigenvalue weighted by atomic mass is 16.7. The highest BCUT2D eigenvalue weighted by molar-refractivity contribution is 5.71. The van der Waals surface area contributed by atoms with Crippen molar-refractivity contribution in [1.82, 2.24) is 0 Å². The Morgan fingerprint density at radius 3 is 1.71 bits per heavy atom. The van der Waals surface area contributed by atoms with Crippen LogP contribution in [0.5, 0.6) is 0 Å². The van der Waals surface area contributed by atoms with Gasteiger partial charge in [-0.2, -0.15) is 0 Å². The van der Waals surface area contributed by atoms with E-state index in [0.29, 0.717) is 17.4 Å². The molecule has 0 fully saturated rings. The van der Waals surface area contributed by atoms with E-state index in [4.69, 9.17) is 18.9 Å². The van der Waals surface area contributed by atoms with Gasteiger partial charge < -0.3 is 28.5 Å². The zero-order valence-electron chi connectivity index (χ0n) is 33.2. The highest BCUT2D eigenvalue weighted by Gasteiger charge is 2.25. The van der Waals surface area contributed by atoms with Crippen LogP contribution in [0.25, 0.3) is 0 Å². The summed E-state index contributed by atoms with van der Waals surface area (Å²) >= 11 is 0. The van der Waals surface area contributed by atoms with Gasteiger partial charge in [-0.3, -0.25) is 9.59 Å². The Morgan fingerprint density at radius 1 is 0.596 bits per heavy atom. The molecular formula is C43H72NO8+. The normalized spacial score (nSPS) is 13.8. The van der Waals surface area contributed by atoms with E-state index in [1.54, 1.807) is 0 Å².